The highest BCUT2D eigenvalue weighted by molar-refractivity contribution is 7.80. The summed E-state index contributed by atoms with van der Waals surface area (Å²) in [6.07, 6.45) is -1.97. The van der Waals surface area contributed by atoms with Crippen molar-refractivity contribution >= 4 is 95.3 Å². The Morgan fingerprint density at radius 2 is 0.978 bits per heavy atom. The van der Waals surface area contributed by atoms with Gasteiger partial charge in [0.25, 0.3) is 11.8 Å². The topological polar surface area (TPSA) is 399 Å². The molecule has 5 aromatic carbocycles. The molecule has 0 saturated carbocycles. The molecule has 1 aromatic heterocycles. The van der Waals surface area contributed by atoms with Crippen LogP contribution in [0.25, 0.3) is 10.9 Å². The van der Waals surface area contributed by atoms with E-state index in [1.54, 1.807) is 121 Å². The van der Waals surface area contributed by atoms with Gasteiger partial charge in [-0.25, -0.2) is 4.79 Å². The molecule has 0 bridgehead atoms. The summed E-state index contributed by atoms with van der Waals surface area (Å²) in [6, 6.07) is 26.2. The monoisotopic (exact) mass is 1290 g/mol. The summed E-state index contributed by atoms with van der Waals surface area (Å²) < 4.78 is 0. The summed E-state index contributed by atoms with van der Waals surface area (Å²) in [6.45, 7) is 1.39. The number of amides is 9. The molecule has 0 unspecified atom stereocenters. The van der Waals surface area contributed by atoms with Crippen LogP contribution in [0.1, 0.15) is 58.8 Å². The molecule has 0 aliphatic rings. The Kier molecular flexibility index (Phi) is 27.4. The van der Waals surface area contributed by atoms with Crippen molar-refractivity contribution in [2.24, 2.45) is 11.5 Å². The molecule has 484 valence electrons. The Bertz CT molecular complexity index is 3440. The molecule has 27 heteroatoms. The number of nitrogens with one attached hydrogen (secondary N) is 9. The minimum atomic E-state index is -1.94. The Morgan fingerprint density at radius 1 is 0.516 bits per heavy atom. The van der Waals surface area contributed by atoms with Crippen molar-refractivity contribution in [3.63, 3.8) is 0 Å². The van der Waals surface area contributed by atoms with Gasteiger partial charge in [-0.1, -0.05) is 109 Å². The number of fused-ring (bicyclic) bond motifs is 1. The molecule has 6 aromatic rings. The second-order valence-corrected chi connectivity index (χ2v) is 22.4. The number of para-hydroxylation sites is 1. The van der Waals surface area contributed by atoms with E-state index in [-0.39, 0.29) is 67.9 Å². The van der Waals surface area contributed by atoms with Crippen molar-refractivity contribution in [1.29, 1.82) is 0 Å². The van der Waals surface area contributed by atoms with Gasteiger partial charge in [0.15, 0.2) is 6.17 Å². The molecule has 91 heavy (non-hydrogen) atoms. The van der Waals surface area contributed by atoms with Crippen molar-refractivity contribution in [2.75, 3.05) is 25.1 Å². The number of benzene rings is 5. The molecule has 6 rings (SSSR count). The quantitative estimate of drug-likeness (QED) is 0.0149. The Morgan fingerprint density at radius 3 is 1.54 bits per heavy atom. The van der Waals surface area contributed by atoms with Crippen LogP contribution in [-0.2, 0) is 68.8 Å². The molecule has 0 aliphatic carbocycles. The van der Waals surface area contributed by atoms with Gasteiger partial charge in [0.05, 0.1) is 12.1 Å². The maximum atomic E-state index is 15.2. The van der Waals surface area contributed by atoms with Crippen LogP contribution >= 0.6 is 25.3 Å². The molecule has 10 atom stereocenters. The number of rotatable bonds is 34. The number of carboxylic acid groups (broad SMARTS) is 1. The lowest BCUT2D eigenvalue weighted by Crippen LogP contribution is -2.64. The number of carbonyl (C=O) groups is 10. The first-order valence-electron chi connectivity index (χ1n) is 29.3. The van der Waals surface area contributed by atoms with E-state index in [2.05, 4.69) is 72.8 Å². The number of H-pyrrole nitrogens is 1. The van der Waals surface area contributed by atoms with Crippen molar-refractivity contribution in [1.82, 2.24) is 52.4 Å². The second kappa shape index (κ2) is 35.2. The Hall–Kier alpha value is -9.28. The lowest BCUT2D eigenvalue weighted by Gasteiger charge is -2.32. The highest BCUT2D eigenvalue weighted by atomic mass is 32.1. The number of carboxylic acids is 1. The fraction of sp³-hybridized carbons (Fsp3) is 0.344. The molecule has 0 fully saturated rings. The Balaban J connectivity index is 1.31. The van der Waals surface area contributed by atoms with Gasteiger partial charge >= 0.3 is 5.97 Å². The molecular weight excluding hydrogens is 1210 g/mol. The minimum Gasteiger partial charge on any atom is -0.508 e. The SMILES string of the molecule is C[C@@H](O)[C@H](NC(=O)[C@H](CCCCN)NC(=O)[C@@H](Cc1c[nH]c2ccccc12)NC(=O)[C@H](NC(=O)[C@H](Cc1ccccc1)NC(=O)[C@H](CS)NC(=O)[C@@H](N)Cc1ccc(O)cc1)N(C)C(=O)c1ccccc1)C(=O)N[C@@H](Cc1ccccc1)C(=O)N[C@@H](CS)C(=O)O. The second-order valence-electron chi connectivity index (χ2n) is 21.7. The number of nitrogens with two attached hydrogens (primary N) is 2. The first-order valence-corrected chi connectivity index (χ1v) is 30.6. The zero-order valence-corrected chi connectivity index (χ0v) is 51.9. The number of hydrogen-bond acceptors (Lipinski definition) is 16. The van der Waals surface area contributed by atoms with Gasteiger partial charge in [-0.05, 0) is 91.7 Å². The minimum absolute atomic E-state index is 0.0128. The zero-order chi connectivity index (χ0) is 66.1. The van der Waals surface area contributed by atoms with Crippen LogP contribution in [0.3, 0.4) is 0 Å². The summed E-state index contributed by atoms with van der Waals surface area (Å²) in [5.41, 5.74) is 15.1. The number of aromatic amines is 1. The number of aromatic hydroxyl groups is 1. The number of thiol groups is 2. The third-order valence-corrected chi connectivity index (χ3v) is 15.5. The van der Waals surface area contributed by atoms with E-state index >= 15 is 9.59 Å². The fourth-order valence-corrected chi connectivity index (χ4v) is 10.2. The number of aliphatic carboxylic acids is 1. The normalized spacial score (nSPS) is 14.4. The van der Waals surface area contributed by atoms with E-state index < -0.39 is 120 Å². The molecule has 0 aliphatic heterocycles. The third kappa shape index (κ3) is 21.2. The molecule has 25 nitrogen and oxygen atoms in total. The van der Waals surface area contributed by atoms with E-state index in [4.69, 9.17) is 11.5 Å². The van der Waals surface area contributed by atoms with Crippen LogP contribution in [0.2, 0.25) is 0 Å². The van der Waals surface area contributed by atoms with Crippen molar-refractivity contribution in [2.45, 2.75) is 112 Å². The van der Waals surface area contributed by atoms with E-state index in [0.717, 1.165) is 4.90 Å². The predicted molar refractivity (Wildman–Crippen MR) is 346 cm³/mol. The summed E-state index contributed by atoms with van der Waals surface area (Å²) in [7, 11) is 1.24. The number of aliphatic hydroxyl groups is 1. The van der Waals surface area contributed by atoms with Crippen LogP contribution in [0.15, 0.2) is 146 Å². The molecule has 0 radical (unpaired) electrons. The standard InChI is InChI=1S/C64H78N12O13S2/c1-37(77)53(61(85)70-48(31-38-16-6-3-7-17-38)57(81)73-52(36-91)64(88)89)74-56(80)47(24-14-15-29-65)68-58(82)50(33-42-34-67-46-23-13-12-22-44(42)46)71-62(86)54(76(2)63(87)41-20-10-5-11-21-41)75-59(83)49(32-39-18-8-4-9-19-39)69-60(84)51(35-90)72-55(79)45(66)30-40-25-27-43(78)28-26-40/h3-13,16-23,25-28,34,37,45,47-54,67,77-78,90-91H,14-15,24,29-33,35-36,65-66H2,1-2H3,(H,68,82)(H,69,84)(H,70,85)(H,71,86)(H,72,79)(H,73,81)(H,74,80)(H,75,83)(H,88,89)/t37-,45+,47+,48+,49+,50-,51+,52+,53+,54-/m1/s1. The maximum Gasteiger partial charge on any atom is 0.327 e. The molecule has 9 amide bonds. The largest absolute Gasteiger partial charge is 0.508 e. The van der Waals surface area contributed by atoms with Gasteiger partial charge in [-0.2, -0.15) is 25.3 Å². The highest BCUT2D eigenvalue weighted by Gasteiger charge is 2.38. The van der Waals surface area contributed by atoms with E-state index in [0.29, 0.717) is 39.6 Å². The number of phenolic OH excluding ortho intramolecular Hbond substituents is 1. The lowest BCUT2D eigenvalue weighted by molar-refractivity contribution is -0.141. The van der Waals surface area contributed by atoms with Crippen LogP contribution in [-0.4, -0.2) is 170 Å². The van der Waals surface area contributed by atoms with Gasteiger partial charge < -0.3 is 79.2 Å². The number of aromatic nitrogens is 1. The van der Waals surface area contributed by atoms with Crippen molar-refractivity contribution < 1.29 is 63.3 Å². The predicted octanol–water partition coefficient (Wildman–Crippen LogP) is 0.534. The lowest BCUT2D eigenvalue weighted by atomic mass is 10.0. The number of aliphatic hydroxyl groups excluding tert-OH is 1. The van der Waals surface area contributed by atoms with Crippen LogP contribution < -0.4 is 54.0 Å². The number of hydrogen-bond donors (Lipinski definition) is 16. The van der Waals surface area contributed by atoms with Gasteiger partial charge in [0.2, 0.25) is 41.4 Å². The first-order chi connectivity index (χ1) is 43.6. The zero-order valence-electron chi connectivity index (χ0n) is 50.1. The van der Waals surface area contributed by atoms with Crippen molar-refractivity contribution in [3.05, 3.63) is 174 Å². The molecule has 0 spiro atoms. The van der Waals surface area contributed by atoms with Crippen LogP contribution in [0, 0.1) is 0 Å². The number of phenols is 1. The molecular formula is C64H78N12O13S2. The average Bonchev–Trinajstić information content (AvgIpc) is 3.40. The summed E-state index contributed by atoms with van der Waals surface area (Å²) in [4.78, 5) is 145. The maximum absolute atomic E-state index is 15.2. The third-order valence-electron chi connectivity index (χ3n) is 14.8. The fourth-order valence-electron chi connectivity index (χ4n) is 9.71. The van der Waals surface area contributed by atoms with E-state index in [1.165, 1.54) is 38.2 Å². The summed E-state index contributed by atoms with van der Waals surface area (Å²) in [5.74, 6) is -10.2. The molecule has 16 N–H and O–H groups in total. The van der Waals surface area contributed by atoms with E-state index in [1.807, 2.05) is 0 Å². The number of unbranched alkanes of at least 4 members (excludes halogenated alkanes) is 1. The van der Waals surface area contributed by atoms with Crippen LogP contribution in [0.5, 0.6) is 5.75 Å². The van der Waals surface area contributed by atoms with E-state index in [9.17, 15) is 53.7 Å². The number of likely N-dealkylation sites (N-methyl/N-ethyl adjacent to an activating group) is 1. The Labute approximate surface area is 536 Å². The van der Waals surface area contributed by atoms with Gasteiger partial charge in [-0.15, -0.1) is 0 Å². The number of carbonyl (C=O) groups excluding carboxylic acids is 9. The van der Waals surface area contributed by atoms with Crippen LogP contribution in [0.4, 0.5) is 0 Å². The molecule has 1 heterocycles. The van der Waals surface area contributed by atoms with Gasteiger partial charge in [-0.3, -0.25) is 43.2 Å². The smallest absolute Gasteiger partial charge is 0.327 e. The van der Waals surface area contributed by atoms with Gasteiger partial charge in [0.1, 0.15) is 48.0 Å². The first kappa shape index (κ1) is 70.8. The average molecular weight is 1290 g/mol. The summed E-state index contributed by atoms with van der Waals surface area (Å²) in [5, 5.41) is 51.8. The molecule has 0 saturated heterocycles. The van der Waals surface area contributed by atoms with Gasteiger partial charge in [0, 0.05) is 60.5 Å². The highest BCUT2D eigenvalue weighted by Crippen LogP contribution is 2.21. The van der Waals surface area contributed by atoms with Crippen molar-refractivity contribution in [3.8, 4) is 5.75 Å². The number of nitrogens with zero attached hydrogens (tertiary/aromatic N) is 1. The summed E-state index contributed by atoms with van der Waals surface area (Å²) >= 11 is 8.35.